The van der Waals surface area contributed by atoms with E-state index in [1.165, 1.54) is 0 Å². The van der Waals surface area contributed by atoms with Crippen molar-refractivity contribution in [1.29, 1.82) is 0 Å². The Labute approximate surface area is 207 Å². The maximum atomic E-state index is 13.6. The highest BCUT2D eigenvalue weighted by atomic mass is 32.2. The van der Waals surface area contributed by atoms with E-state index in [9.17, 15) is 18.6 Å². The molecule has 3 aromatic carbocycles. The molecule has 0 bridgehead atoms. The monoisotopic (exact) mass is 492 g/mol. The van der Waals surface area contributed by atoms with Crippen molar-refractivity contribution < 1.29 is 18.6 Å². The average molecular weight is 493 g/mol. The van der Waals surface area contributed by atoms with E-state index in [1.54, 1.807) is 28.6 Å². The Morgan fingerprint density at radius 1 is 0.914 bits per heavy atom. The molecule has 2 fully saturated rings. The average Bonchev–Trinajstić information content (AvgIpc) is 2.83. The number of phenolic OH excluding ortho intramolecular Hbond substituents is 1. The van der Waals surface area contributed by atoms with Crippen LogP contribution in [0.5, 0.6) is 5.75 Å². The number of aryl methyl sites for hydroxylation is 1. The molecule has 35 heavy (non-hydrogen) atoms. The lowest BCUT2D eigenvalue weighted by Crippen LogP contribution is -2.67. The largest absolute Gasteiger partial charge is 0.508 e. The minimum Gasteiger partial charge on any atom is -0.508 e. The molecule has 0 spiro atoms. The molecule has 3 atom stereocenters. The Balaban J connectivity index is 1.43. The number of sulfonamides is 1. The third-order valence-electron chi connectivity index (χ3n) is 7.52. The number of phenols is 1. The number of aromatic hydroxyl groups is 1. The molecule has 2 heterocycles. The zero-order valence-electron chi connectivity index (χ0n) is 19.9. The topological polar surface area (TPSA) is 81.1 Å². The molecule has 0 amide bonds. The Bertz CT molecular complexity index is 1290. The molecule has 0 aliphatic carbocycles. The van der Waals surface area contributed by atoms with E-state index in [2.05, 4.69) is 17.0 Å². The molecule has 7 heteroatoms. The van der Waals surface area contributed by atoms with Crippen molar-refractivity contribution in [3.05, 3.63) is 83.9 Å². The van der Waals surface area contributed by atoms with Crippen LogP contribution in [-0.2, 0) is 10.0 Å². The fourth-order valence-corrected chi connectivity index (χ4v) is 7.42. The predicted octanol–water partition coefficient (Wildman–Crippen LogP) is 3.98. The van der Waals surface area contributed by atoms with E-state index in [-0.39, 0.29) is 30.4 Å². The second kappa shape index (κ2) is 9.74. The van der Waals surface area contributed by atoms with E-state index in [0.717, 1.165) is 41.6 Å². The number of fused-ring (bicyclic) bond motifs is 1. The SMILES string of the molecule is Cc1ccccc1S(=O)(=O)N1CCCCN2C(CO)[C@@H](c3ccc(-c4cccc(O)c4)cc3)[C@@H]2C1. The van der Waals surface area contributed by atoms with Gasteiger partial charge in [-0.25, -0.2) is 8.42 Å². The minimum absolute atomic E-state index is 0.0119. The van der Waals surface area contributed by atoms with Crippen LogP contribution in [-0.4, -0.2) is 66.2 Å². The van der Waals surface area contributed by atoms with Gasteiger partial charge in [0, 0.05) is 31.1 Å². The lowest BCUT2D eigenvalue weighted by molar-refractivity contribution is -0.0553. The lowest BCUT2D eigenvalue weighted by Gasteiger charge is -2.57. The van der Waals surface area contributed by atoms with Crippen LogP contribution in [0.2, 0.25) is 0 Å². The van der Waals surface area contributed by atoms with Crippen LogP contribution in [0.15, 0.2) is 77.7 Å². The molecular weight excluding hydrogens is 460 g/mol. The van der Waals surface area contributed by atoms with Crippen molar-refractivity contribution in [3.8, 4) is 16.9 Å². The molecule has 0 aromatic heterocycles. The Morgan fingerprint density at radius 2 is 1.66 bits per heavy atom. The second-order valence-corrected chi connectivity index (χ2v) is 11.5. The highest BCUT2D eigenvalue weighted by Crippen LogP contribution is 2.43. The third kappa shape index (κ3) is 4.49. The first-order valence-electron chi connectivity index (χ1n) is 12.2. The highest BCUT2D eigenvalue weighted by molar-refractivity contribution is 7.89. The second-order valence-electron chi connectivity index (χ2n) is 9.59. The van der Waals surface area contributed by atoms with Crippen molar-refractivity contribution in [2.24, 2.45) is 0 Å². The van der Waals surface area contributed by atoms with Gasteiger partial charge >= 0.3 is 0 Å². The van der Waals surface area contributed by atoms with Gasteiger partial charge < -0.3 is 10.2 Å². The van der Waals surface area contributed by atoms with Crippen molar-refractivity contribution in [3.63, 3.8) is 0 Å². The fraction of sp³-hybridized carbons (Fsp3) is 0.357. The molecule has 184 valence electrons. The maximum absolute atomic E-state index is 13.6. The van der Waals surface area contributed by atoms with Crippen LogP contribution < -0.4 is 0 Å². The van der Waals surface area contributed by atoms with Crippen molar-refractivity contribution >= 4 is 10.0 Å². The van der Waals surface area contributed by atoms with Gasteiger partial charge in [0.2, 0.25) is 10.0 Å². The van der Waals surface area contributed by atoms with Gasteiger partial charge in [0.15, 0.2) is 0 Å². The van der Waals surface area contributed by atoms with Crippen LogP contribution in [0.3, 0.4) is 0 Å². The summed E-state index contributed by atoms with van der Waals surface area (Å²) in [5, 5.41) is 20.0. The van der Waals surface area contributed by atoms with E-state index < -0.39 is 10.0 Å². The fourth-order valence-electron chi connectivity index (χ4n) is 5.70. The highest BCUT2D eigenvalue weighted by Gasteiger charge is 2.50. The van der Waals surface area contributed by atoms with Gasteiger partial charge in [-0.1, -0.05) is 54.6 Å². The van der Waals surface area contributed by atoms with Crippen LogP contribution in [0.4, 0.5) is 0 Å². The van der Waals surface area contributed by atoms with Gasteiger partial charge in [-0.05, 0) is 66.8 Å². The van der Waals surface area contributed by atoms with Crippen LogP contribution in [0, 0.1) is 6.92 Å². The van der Waals surface area contributed by atoms with Gasteiger partial charge in [0.1, 0.15) is 5.75 Å². The Morgan fingerprint density at radius 3 is 2.37 bits per heavy atom. The van der Waals surface area contributed by atoms with Gasteiger partial charge in [-0.15, -0.1) is 0 Å². The summed E-state index contributed by atoms with van der Waals surface area (Å²) in [5.74, 6) is 0.275. The summed E-state index contributed by atoms with van der Waals surface area (Å²) in [6, 6.07) is 22.5. The first-order chi connectivity index (χ1) is 16.9. The van der Waals surface area contributed by atoms with Crippen LogP contribution in [0.25, 0.3) is 11.1 Å². The summed E-state index contributed by atoms with van der Waals surface area (Å²) < 4.78 is 28.9. The molecule has 2 saturated heterocycles. The summed E-state index contributed by atoms with van der Waals surface area (Å²) in [6.45, 7) is 3.66. The lowest BCUT2D eigenvalue weighted by atomic mass is 9.74. The van der Waals surface area contributed by atoms with Gasteiger partial charge in [-0.2, -0.15) is 4.31 Å². The zero-order chi connectivity index (χ0) is 24.6. The molecule has 2 aliphatic heterocycles. The number of aliphatic hydroxyl groups is 1. The third-order valence-corrected chi connectivity index (χ3v) is 9.54. The number of benzene rings is 3. The quantitative estimate of drug-likeness (QED) is 0.563. The number of rotatable bonds is 5. The van der Waals surface area contributed by atoms with Crippen molar-refractivity contribution in [2.45, 2.75) is 42.7 Å². The van der Waals surface area contributed by atoms with Gasteiger partial charge in [0.25, 0.3) is 0 Å². The van der Waals surface area contributed by atoms with Crippen molar-refractivity contribution in [1.82, 2.24) is 9.21 Å². The van der Waals surface area contributed by atoms with Crippen LogP contribution in [0.1, 0.15) is 29.9 Å². The van der Waals surface area contributed by atoms with E-state index >= 15 is 0 Å². The van der Waals surface area contributed by atoms with E-state index in [1.807, 2.05) is 43.3 Å². The minimum atomic E-state index is -3.61. The molecule has 3 aromatic rings. The first-order valence-corrected chi connectivity index (χ1v) is 13.7. The Kier molecular flexibility index (Phi) is 6.68. The van der Waals surface area contributed by atoms with Gasteiger partial charge in [-0.3, -0.25) is 4.90 Å². The molecular formula is C28H32N2O4S. The summed E-state index contributed by atoms with van der Waals surface area (Å²) in [5.41, 5.74) is 3.80. The standard InChI is InChI=1S/C28H32N2O4S/c1-20-7-2-3-10-27(20)35(33,34)29-15-4-5-16-30-25(18-29)28(26(30)19-31)22-13-11-21(12-14-22)23-8-6-9-24(32)17-23/h2-3,6-14,17,25-26,28,31-32H,4-5,15-16,18-19H2,1H3/t25-,26?,28-/m0/s1. The van der Waals surface area contributed by atoms with Crippen molar-refractivity contribution in [2.75, 3.05) is 26.2 Å². The molecule has 6 nitrogen and oxygen atoms in total. The molecule has 2 N–H and O–H groups in total. The van der Waals surface area contributed by atoms with Gasteiger partial charge in [0.05, 0.1) is 11.5 Å². The predicted molar refractivity (Wildman–Crippen MR) is 137 cm³/mol. The number of hydrogen-bond acceptors (Lipinski definition) is 5. The smallest absolute Gasteiger partial charge is 0.243 e. The molecule has 2 aliphatic rings. The van der Waals surface area contributed by atoms with Crippen LogP contribution >= 0.6 is 0 Å². The number of aliphatic hydroxyl groups excluding tert-OH is 1. The number of nitrogens with zero attached hydrogens (tertiary/aromatic N) is 2. The molecule has 1 unspecified atom stereocenters. The Hall–Kier alpha value is -2.71. The molecule has 5 rings (SSSR count). The maximum Gasteiger partial charge on any atom is 0.243 e. The molecule has 0 saturated carbocycles. The first kappa shape index (κ1) is 24.0. The molecule has 0 radical (unpaired) electrons. The van der Waals surface area contributed by atoms with E-state index in [0.29, 0.717) is 18.0 Å². The summed E-state index contributed by atoms with van der Waals surface area (Å²) in [7, 11) is -3.61. The summed E-state index contributed by atoms with van der Waals surface area (Å²) >= 11 is 0. The zero-order valence-corrected chi connectivity index (χ0v) is 20.7. The van der Waals surface area contributed by atoms with E-state index in [4.69, 9.17) is 0 Å². The summed E-state index contributed by atoms with van der Waals surface area (Å²) in [6.07, 6.45) is 1.70. The summed E-state index contributed by atoms with van der Waals surface area (Å²) in [4.78, 5) is 2.66. The normalized spacial score (nSPS) is 23.7. The number of hydrogen-bond donors (Lipinski definition) is 2.